The topological polar surface area (TPSA) is 336 Å². The molecule has 20 aromatic rings. The van der Waals surface area contributed by atoms with Crippen LogP contribution in [0.15, 0.2) is 194 Å². The zero-order valence-electron chi connectivity index (χ0n) is 70.8. The fraction of sp³-hybridized carbons (Fsp3) is 0.186. The average Bonchev–Trinajstić information content (AvgIpc) is 1.59. The first-order valence-corrected chi connectivity index (χ1v) is 43.2. The number of thiazole rings is 1. The molecule has 640 valence electrons. The predicted molar refractivity (Wildman–Crippen MR) is 497 cm³/mol. The maximum atomic E-state index is 14.6. The van der Waals surface area contributed by atoms with E-state index < -0.39 is 23.9 Å². The number of aromatic carboxylic acids is 4. The van der Waals surface area contributed by atoms with Crippen molar-refractivity contribution in [3.63, 3.8) is 0 Å². The standard InChI is InChI=1S/C27H24FN3O2.2C26H24FN3O2.C23H18FN3O2S/c1-14-10-19(17-6-8-29-21(17)11-14)24-23(15-4-2-3-5-15)25(31-26(24)27(32)33)20-12-16(28)13-22-18(20)7-9-30-22;1-13(2)8-20-23(18-9-14(3)10-21-16(18)4-6-28-21)25(26(31)32)30-24(20)19-11-15(27)12-22-17(19)5-7-29-22;1-4-14(3)22-23(18-9-13(2)10-20-16(18)5-7-28-20)25(26(31)32)30-24(22)19-11-15(27)12-21-17(19)6-8-29-21;1-11(2)18-19(14-4-3-5-17-20(14)26-10-30-17)22(23(28)29)27-21(18)15-8-12(24)9-16-13(15)6-7-25-16/h6-13,15,29-31H,2-5H2,1H3,(H,32,33);4-7,9-13,28-30H,8H2,1-3H3,(H,31,32);5-12,14,28-30H,4H2,1-3H3,(H,31,32);3-11,25,27H,1-2H3,(H,28,29). The van der Waals surface area contributed by atoms with Gasteiger partial charge < -0.3 is 75.2 Å². The SMILES string of the molecule is CC(C)c1c(-c2cc(F)cc3[nH]ccc23)[nH]c(C(=O)O)c1-c1cccc2scnc12.CCC(C)c1c(-c2cc(F)cc3[nH]ccc23)[nH]c(C(=O)O)c1-c1cc(C)cc2[nH]ccc12.Cc1cc(-c2c(C(=O)O)[nH]c(-c3cc(F)cc4[nH]ccc34)c2C2CCCC2)c2cc[nH]c2c1.Cc1cc(-c2c(C(=O)O)[nH]c(-c3cc(F)cc4[nH]ccc34)c2CC(C)C)c2cc[nH]c2c1. The normalized spacial score (nSPS) is 12.7. The van der Waals surface area contributed by atoms with Crippen molar-refractivity contribution < 1.29 is 57.2 Å². The van der Waals surface area contributed by atoms with Gasteiger partial charge in [-0.1, -0.05) is 84.7 Å². The van der Waals surface area contributed by atoms with Crippen molar-refractivity contribution in [2.24, 2.45) is 5.92 Å². The van der Waals surface area contributed by atoms with Crippen molar-refractivity contribution in [2.45, 2.75) is 119 Å². The Hall–Kier alpha value is -14.9. The number of aromatic amines is 11. The molecule has 21 rings (SSSR count). The summed E-state index contributed by atoms with van der Waals surface area (Å²) in [7, 11) is 0. The molecular weight excluding hydrogens is 1630 g/mol. The van der Waals surface area contributed by atoms with Gasteiger partial charge in [0.1, 0.15) is 46.0 Å². The van der Waals surface area contributed by atoms with Crippen molar-refractivity contribution in [3.05, 3.63) is 279 Å². The van der Waals surface area contributed by atoms with Crippen LogP contribution in [0.5, 0.6) is 0 Å². The minimum Gasteiger partial charge on any atom is -0.477 e. The third-order valence-electron chi connectivity index (χ3n) is 24.6. The van der Waals surface area contributed by atoms with Gasteiger partial charge in [-0.15, -0.1) is 11.3 Å². The lowest BCUT2D eigenvalue weighted by atomic mass is 9.86. The van der Waals surface area contributed by atoms with E-state index in [1.807, 2.05) is 138 Å². The van der Waals surface area contributed by atoms with Crippen LogP contribution in [0.2, 0.25) is 0 Å². The highest BCUT2D eigenvalue weighted by atomic mass is 32.1. The molecule has 0 bridgehead atoms. The van der Waals surface area contributed by atoms with E-state index >= 15 is 0 Å². The van der Waals surface area contributed by atoms with Crippen LogP contribution in [0.25, 0.3) is 176 Å². The van der Waals surface area contributed by atoms with Crippen LogP contribution in [-0.4, -0.2) is 104 Å². The lowest BCUT2D eigenvalue weighted by molar-refractivity contribution is 0.0681. The second-order valence-corrected chi connectivity index (χ2v) is 34.7. The fourth-order valence-corrected chi connectivity index (χ4v) is 19.9. The molecule has 1 atom stereocenters. The maximum Gasteiger partial charge on any atom is 0.352 e. The molecule has 12 heterocycles. The number of carbonyl (C=O) groups is 4. The van der Waals surface area contributed by atoms with Crippen LogP contribution in [0, 0.1) is 50.0 Å². The Labute approximate surface area is 728 Å². The molecule has 25 heteroatoms. The molecule has 1 saturated carbocycles. The Bertz CT molecular complexity index is 7740. The Balaban J connectivity index is 0.000000115. The molecule has 1 aliphatic carbocycles. The number of rotatable bonds is 18. The Morgan fingerprint density at radius 3 is 1.14 bits per heavy atom. The Kier molecular flexibility index (Phi) is 21.8. The summed E-state index contributed by atoms with van der Waals surface area (Å²) >= 11 is 1.51. The summed E-state index contributed by atoms with van der Waals surface area (Å²) in [6, 6.07) is 43.3. The lowest BCUT2D eigenvalue weighted by Crippen LogP contribution is -2.01. The number of carboxylic acid groups (broad SMARTS) is 4. The highest BCUT2D eigenvalue weighted by Crippen LogP contribution is 2.52. The van der Waals surface area contributed by atoms with E-state index in [4.69, 9.17) is 0 Å². The number of carboxylic acids is 4. The number of aryl methyl sites for hydroxylation is 3. The maximum absolute atomic E-state index is 14.6. The summed E-state index contributed by atoms with van der Waals surface area (Å²) in [4.78, 5) is 88.7. The number of halogens is 4. The van der Waals surface area contributed by atoms with E-state index in [-0.39, 0.29) is 69.7 Å². The lowest BCUT2D eigenvalue weighted by Gasteiger charge is -2.16. The number of hydrogen-bond acceptors (Lipinski definition) is 6. The van der Waals surface area contributed by atoms with Crippen molar-refractivity contribution in [2.75, 3.05) is 0 Å². The first-order valence-electron chi connectivity index (χ1n) is 42.3. The molecule has 0 amide bonds. The molecule has 0 saturated heterocycles. The highest BCUT2D eigenvalue weighted by Gasteiger charge is 2.36. The van der Waals surface area contributed by atoms with E-state index in [2.05, 4.69) is 99.6 Å². The molecule has 127 heavy (non-hydrogen) atoms. The Morgan fingerprint density at radius 1 is 0.402 bits per heavy atom. The molecule has 0 aliphatic heterocycles. The largest absolute Gasteiger partial charge is 0.477 e. The molecule has 0 spiro atoms. The van der Waals surface area contributed by atoms with Crippen molar-refractivity contribution in [3.8, 4) is 89.5 Å². The molecule has 1 fully saturated rings. The number of H-pyrrole nitrogens is 11. The second-order valence-electron chi connectivity index (χ2n) is 33.8. The minimum absolute atomic E-state index is 0.00880. The van der Waals surface area contributed by atoms with Gasteiger partial charge in [0.15, 0.2) is 0 Å². The molecule has 12 aromatic heterocycles. The van der Waals surface area contributed by atoms with Crippen LogP contribution in [-0.2, 0) is 6.42 Å². The number of aromatic nitrogens is 12. The van der Waals surface area contributed by atoms with Crippen LogP contribution >= 0.6 is 11.3 Å². The fourth-order valence-electron chi connectivity index (χ4n) is 19.2. The van der Waals surface area contributed by atoms with Gasteiger partial charge in [-0.3, -0.25) is 0 Å². The molecule has 1 aliphatic rings. The highest BCUT2D eigenvalue weighted by molar-refractivity contribution is 7.16. The van der Waals surface area contributed by atoms with Crippen LogP contribution in [0.4, 0.5) is 17.6 Å². The van der Waals surface area contributed by atoms with Crippen LogP contribution in [0.1, 0.15) is 172 Å². The predicted octanol–water partition coefficient (Wildman–Crippen LogP) is 27.1. The van der Waals surface area contributed by atoms with Crippen molar-refractivity contribution in [1.29, 1.82) is 0 Å². The Morgan fingerprint density at radius 2 is 0.740 bits per heavy atom. The number of para-hydroxylation sites is 1. The smallest absolute Gasteiger partial charge is 0.352 e. The van der Waals surface area contributed by atoms with Gasteiger partial charge >= 0.3 is 23.9 Å². The van der Waals surface area contributed by atoms with Gasteiger partial charge in [0.2, 0.25) is 0 Å². The van der Waals surface area contributed by atoms with Gasteiger partial charge in [-0.05, 0) is 241 Å². The zero-order valence-corrected chi connectivity index (χ0v) is 71.6. The number of hydrogen-bond donors (Lipinski definition) is 15. The van der Waals surface area contributed by atoms with Crippen LogP contribution < -0.4 is 0 Å². The first kappa shape index (κ1) is 83.1. The molecular formula is C102H90F4N12O8S. The van der Waals surface area contributed by atoms with Gasteiger partial charge in [0.25, 0.3) is 0 Å². The quantitative estimate of drug-likeness (QED) is 0.0363. The molecule has 1 unspecified atom stereocenters. The number of nitrogens with one attached hydrogen (secondary N) is 11. The van der Waals surface area contributed by atoms with Crippen molar-refractivity contribution >= 4 is 122 Å². The second kappa shape index (κ2) is 33.3. The summed E-state index contributed by atoms with van der Waals surface area (Å²) in [5, 5.41) is 46.9. The number of fused-ring (bicyclic) bond motifs is 8. The molecule has 0 radical (unpaired) electrons. The van der Waals surface area contributed by atoms with Gasteiger partial charge in [0.05, 0.1) is 38.5 Å². The third-order valence-corrected chi connectivity index (χ3v) is 25.4. The summed E-state index contributed by atoms with van der Waals surface area (Å²) in [5.74, 6) is -5.11. The molecule has 15 N–H and O–H groups in total. The van der Waals surface area contributed by atoms with Gasteiger partial charge in [0, 0.05) is 170 Å². The van der Waals surface area contributed by atoms with E-state index in [0.717, 1.165) is 163 Å². The minimum atomic E-state index is -1.06. The first-order chi connectivity index (χ1) is 61.2. The van der Waals surface area contributed by atoms with E-state index in [1.165, 1.54) is 59.9 Å². The third kappa shape index (κ3) is 15.1. The zero-order chi connectivity index (χ0) is 88.8. The summed E-state index contributed by atoms with van der Waals surface area (Å²) < 4.78 is 59.0. The number of benzene rings is 8. The summed E-state index contributed by atoms with van der Waals surface area (Å²) in [5.41, 5.74) is 26.6. The average molecular weight is 1720 g/mol. The summed E-state index contributed by atoms with van der Waals surface area (Å²) in [6.45, 7) is 18.4. The molecule has 8 aromatic carbocycles. The van der Waals surface area contributed by atoms with Crippen LogP contribution in [0.3, 0.4) is 0 Å². The van der Waals surface area contributed by atoms with Gasteiger partial charge in [-0.2, -0.15) is 0 Å². The van der Waals surface area contributed by atoms with E-state index in [1.54, 1.807) is 30.3 Å². The van der Waals surface area contributed by atoms with E-state index in [0.29, 0.717) is 90.2 Å². The van der Waals surface area contributed by atoms with Gasteiger partial charge in [-0.25, -0.2) is 41.7 Å². The van der Waals surface area contributed by atoms with Crippen molar-refractivity contribution in [1.82, 2.24) is 59.8 Å². The monoisotopic (exact) mass is 1720 g/mol. The molecule has 20 nitrogen and oxygen atoms in total. The summed E-state index contributed by atoms with van der Waals surface area (Å²) in [6.07, 6.45) is 18.3. The number of nitrogens with zero attached hydrogens (tertiary/aromatic N) is 1. The van der Waals surface area contributed by atoms with E-state index in [9.17, 15) is 57.2 Å².